The Morgan fingerprint density at radius 1 is 1.28 bits per heavy atom. The molecule has 1 aromatic carbocycles. The van der Waals surface area contributed by atoms with E-state index in [1.807, 2.05) is 0 Å². The summed E-state index contributed by atoms with van der Waals surface area (Å²) in [6.07, 6.45) is 1.34. The van der Waals surface area contributed by atoms with Crippen molar-refractivity contribution in [1.29, 1.82) is 0 Å². The number of carbonyl (C=O) groups excluding carboxylic acids is 1. The van der Waals surface area contributed by atoms with Crippen LogP contribution in [-0.4, -0.2) is 36.4 Å². The summed E-state index contributed by atoms with van der Waals surface area (Å²) >= 11 is 0. The molecule has 0 saturated heterocycles. The van der Waals surface area contributed by atoms with Crippen LogP contribution in [0.15, 0.2) is 24.3 Å². The number of hydrogen-bond donors (Lipinski definition) is 2. The first kappa shape index (κ1) is 23.4. The molecule has 2 N–H and O–H groups in total. The molecule has 0 aliphatic heterocycles. The average Bonchev–Trinajstić information content (AvgIpc) is 2.55. The van der Waals surface area contributed by atoms with Crippen LogP contribution in [0.1, 0.15) is 51.6 Å². The van der Waals surface area contributed by atoms with Crippen molar-refractivity contribution in [1.82, 2.24) is 5.32 Å². The Kier molecular flexibility index (Phi) is 7.50. The van der Waals surface area contributed by atoms with Gasteiger partial charge in [0.15, 0.2) is 0 Å². The number of alkyl halides is 4. The Morgan fingerprint density at radius 2 is 1.93 bits per heavy atom. The highest BCUT2D eigenvalue weighted by Crippen LogP contribution is 2.50. The van der Waals surface area contributed by atoms with Crippen LogP contribution in [0.3, 0.4) is 0 Å². The van der Waals surface area contributed by atoms with E-state index in [9.17, 15) is 27.5 Å². The fraction of sp³-hybridized carbons (Fsp3) is 0.650. The Balaban J connectivity index is 2.07. The van der Waals surface area contributed by atoms with Gasteiger partial charge in [0.2, 0.25) is 5.91 Å². The predicted molar refractivity (Wildman–Crippen MR) is 97.7 cm³/mol. The maximum Gasteiger partial charge on any atom is 0.387 e. The second-order valence-electron chi connectivity index (χ2n) is 8.47. The second kappa shape index (κ2) is 9.30. The van der Waals surface area contributed by atoms with Gasteiger partial charge < -0.3 is 19.9 Å². The van der Waals surface area contributed by atoms with Gasteiger partial charge in [-0.3, -0.25) is 4.79 Å². The number of halogens is 4. The van der Waals surface area contributed by atoms with Gasteiger partial charge in [0, 0.05) is 0 Å². The lowest BCUT2D eigenvalue weighted by Gasteiger charge is -2.49. The Bertz CT molecular complexity index is 689. The van der Waals surface area contributed by atoms with Crippen LogP contribution in [0, 0.1) is 11.3 Å². The minimum Gasteiger partial charge on any atom is -0.435 e. The fourth-order valence-corrected chi connectivity index (χ4v) is 3.73. The zero-order valence-electron chi connectivity index (χ0n) is 16.6. The van der Waals surface area contributed by atoms with E-state index in [2.05, 4.69) is 28.6 Å². The van der Waals surface area contributed by atoms with Crippen molar-refractivity contribution in [2.75, 3.05) is 6.61 Å². The number of rotatable bonds is 10. The van der Waals surface area contributed by atoms with E-state index in [4.69, 9.17) is 0 Å². The van der Waals surface area contributed by atoms with Crippen molar-refractivity contribution in [3.63, 3.8) is 0 Å². The molecule has 0 bridgehead atoms. The summed E-state index contributed by atoms with van der Waals surface area (Å²) in [5.41, 5.74) is -0.861. The molecule has 0 aromatic heterocycles. The largest absolute Gasteiger partial charge is 0.435 e. The third kappa shape index (κ3) is 7.15. The van der Waals surface area contributed by atoms with Crippen LogP contribution in [0.25, 0.3) is 0 Å². The molecule has 2 rings (SSSR count). The molecule has 0 heterocycles. The maximum atomic E-state index is 12.5. The summed E-state index contributed by atoms with van der Waals surface area (Å²) in [7, 11) is 0. The van der Waals surface area contributed by atoms with Gasteiger partial charge in [-0.15, -0.1) is 0 Å². The fourth-order valence-electron chi connectivity index (χ4n) is 3.73. The number of aliphatic hydroxyl groups is 1. The monoisotopic (exact) mass is 421 g/mol. The lowest BCUT2D eigenvalue weighted by atomic mass is 9.58. The van der Waals surface area contributed by atoms with E-state index >= 15 is 0 Å². The van der Waals surface area contributed by atoms with E-state index in [0.717, 1.165) is 12.8 Å². The standard InChI is InChI=1S/C20H27F4NO4/c1-19(2)8-13(9-19)20(3,27)10-16(26)25-15(11-28-17(21)22)12-5-4-6-14(7-12)29-18(23)24/h4-7,13,15,17-18,27H,8-11H2,1-3H3,(H,25,26)/t15-,20-/m0/s1. The molecule has 1 amide bonds. The number of amides is 1. The first-order chi connectivity index (χ1) is 13.4. The van der Waals surface area contributed by atoms with Crippen LogP contribution < -0.4 is 10.1 Å². The zero-order valence-corrected chi connectivity index (χ0v) is 16.6. The first-order valence-corrected chi connectivity index (χ1v) is 9.34. The van der Waals surface area contributed by atoms with Gasteiger partial charge >= 0.3 is 13.2 Å². The quantitative estimate of drug-likeness (QED) is 0.554. The number of hydrogen-bond acceptors (Lipinski definition) is 4. The summed E-state index contributed by atoms with van der Waals surface area (Å²) in [5.74, 6) is -0.762. The molecule has 1 saturated carbocycles. The van der Waals surface area contributed by atoms with Gasteiger partial charge in [-0.25, -0.2) is 0 Å². The highest BCUT2D eigenvalue weighted by Gasteiger charge is 2.46. The van der Waals surface area contributed by atoms with Crippen molar-refractivity contribution in [3.05, 3.63) is 29.8 Å². The molecule has 0 radical (unpaired) electrons. The minimum atomic E-state index is -3.06. The Morgan fingerprint density at radius 3 is 2.48 bits per heavy atom. The Hall–Kier alpha value is -1.87. The third-order valence-corrected chi connectivity index (χ3v) is 5.21. The zero-order chi connectivity index (χ0) is 21.8. The van der Waals surface area contributed by atoms with Crippen LogP contribution in [0.5, 0.6) is 5.75 Å². The van der Waals surface area contributed by atoms with Gasteiger partial charge in [0.05, 0.1) is 24.7 Å². The molecule has 2 atom stereocenters. The molecule has 1 fully saturated rings. The molecule has 0 spiro atoms. The summed E-state index contributed by atoms with van der Waals surface area (Å²) in [5, 5.41) is 13.2. The summed E-state index contributed by atoms with van der Waals surface area (Å²) in [6.45, 7) is -0.945. The highest BCUT2D eigenvalue weighted by atomic mass is 19.3. The lowest BCUT2D eigenvalue weighted by Crippen LogP contribution is -2.49. The molecule has 29 heavy (non-hydrogen) atoms. The van der Waals surface area contributed by atoms with E-state index in [1.165, 1.54) is 24.3 Å². The first-order valence-electron chi connectivity index (χ1n) is 9.34. The van der Waals surface area contributed by atoms with Gasteiger partial charge in [-0.1, -0.05) is 26.0 Å². The molecule has 0 unspecified atom stereocenters. The smallest absolute Gasteiger partial charge is 0.387 e. The summed E-state index contributed by atoms with van der Waals surface area (Å²) < 4.78 is 58.5. The van der Waals surface area contributed by atoms with E-state index < -0.39 is 37.4 Å². The average molecular weight is 421 g/mol. The van der Waals surface area contributed by atoms with Gasteiger partial charge in [0.25, 0.3) is 0 Å². The van der Waals surface area contributed by atoms with E-state index in [1.54, 1.807) is 6.92 Å². The van der Waals surface area contributed by atoms with Crippen molar-refractivity contribution < 1.29 is 36.9 Å². The molecule has 1 aliphatic carbocycles. The van der Waals surface area contributed by atoms with Crippen LogP contribution in [0.2, 0.25) is 0 Å². The Labute approximate surface area is 167 Å². The van der Waals surface area contributed by atoms with Crippen molar-refractivity contribution in [3.8, 4) is 5.75 Å². The van der Waals surface area contributed by atoms with Crippen molar-refractivity contribution in [2.45, 2.75) is 64.9 Å². The molecular formula is C20H27F4NO4. The number of benzene rings is 1. The maximum absolute atomic E-state index is 12.5. The highest BCUT2D eigenvalue weighted by molar-refractivity contribution is 5.77. The van der Waals surface area contributed by atoms with Crippen molar-refractivity contribution >= 4 is 5.91 Å². The van der Waals surface area contributed by atoms with Gasteiger partial charge in [-0.2, -0.15) is 17.6 Å². The SMILES string of the molecule is CC1(C)CC([C@@](C)(O)CC(=O)N[C@@H](COC(F)F)c2cccc(OC(F)F)c2)C1. The van der Waals surface area contributed by atoms with E-state index in [-0.39, 0.29) is 29.1 Å². The summed E-state index contributed by atoms with van der Waals surface area (Å²) in [6, 6.07) is 4.36. The number of nitrogens with one attached hydrogen (secondary N) is 1. The van der Waals surface area contributed by atoms with Crippen LogP contribution >= 0.6 is 0 Å². The molecule has 9 heteroatoms. The van der Waals surface area contributed by atoms with Crippen molar-refractivity contribution in [2.24, 2.45) is 11.3 Å². The van der Waals surface area contributed by atoms with Gasteiger partial charge in [0.1, 0.15) is 5.75 Å². The van der Waals surface area contributed by atoms with Crippen LogP contribution in [-0.2, 0) is 9.53 Å². The topological polar surface area (TPSA) is 67.8 Å². The number of ether oxygens (including phenoxy) is 2. The van der Waals surface area contributed by atoms with Crippen LogP contribution in [0.4, 0.5) is 17.6 Å². The minimum absolute atomic E-state index is 0.0400. The molecule has 5 nitrogen and oxygen atoms in total. The number of carbonyl (C=O) groups is 1. The lowest BCUT2D eigenvalue weighted by molar-refractivity contribution is -0.144. The normalized spacial score (nSPS) is 19.5. The summed E-state index contributed by atoms with van der Waals surface area (Å²) in [4.78, 5) is 12.5. The molecule has 1 aromatic rings. The van der Waals surface area contributed by atoms with Gasteiger partial charge in [-0.05, 0) is 48.8 Å². The second-order valence-corrected chi connectivity index (χ2v) is 8.47. The van der Waals surface area contributed by atoms with E-state index in [0.29, 0.717) is 0 Å². The predicted octanol–water partition coefficient (Wildman–Crippen LogP) is 4.26. The molecule has 164 valence electrons. The molecular weight excluding hydrogens is 394 g/mol. The molecule has 1 aliphatic rings. The third-order valence-electron chi connectivity index (χ3n) is 5.21.